The molecule has 4 nitrogen and oxygen atoms in total. The SMILES string of the molecule is C/C=C\C=NC.Cc1cnccc1-c1nc2cc(C(F)(F)F)ccc2o1. The minimum absolute atomic E-state index is 0.186. The minimum Gasteiger partial charge on any atom is -0.436 e. The Bertz CT molecular complexity index is 917. The van der Waals surface area contributed by atoms with Crippen molar-refractivity contribution in [1.29, 1.82) is 0 Å². The fraction of sp³-hybridized carbons (Fsp3) is 0.211. The highest BCUT2D eigenvalue weighted by molar-refractivity contribution is 5.77. The molecular weight excluding hydrogens is 343 g/mol. The first-order chi connectivity index (χ1) is 12.4. The van der Waals surface area contributed by atoms with Crippen LogP contribution in [0.3, 0.4) is 0 Å². The Labute approximate surface area is 149 Å². The van der Waals surface area contributed by atoms with Crippen LogP contribution in [-0.4, -0.2) is 23.2 Å². The third-order valence-corrected chi connectivity index (χ3v) is 3.39. The second-order valence-electron chi connectivity index (χ2n) is 5.32. The number of oxazole rings is 1. The molecule has 3 rings (SSSR count). The summed E-state index contributed by atoms with van der Waals surface area (Å²) in [5.74, 6) is 0.291. The molecular formula is C19H18F3N3O. The summed E-state index contributed by atoms with van der Waals surface area (Å²) in [7, 11) is 1.75. The molecule has 0 spiro atoms. The number of hydrogen-bond acceptors (Lipinski definition) is 4. The Hall–Kier alpha value is -2.96. The summed E-state index contributed by atoms with van der Waals surface area (Å²) in [6.45, 7) is 3.79. The van der Waals surface area contributed by atoms with E-state index >= 15 is 0 Å². The topological polar surface area (TPSA) is 51.3 Å². The summed E-state index contributed by atoms with van der Waals surface area (Å²) in [6.07, 6.45) is 4.41. The van der Waals surface area contributed by atoms with E-state index < -0.39 is 11.7 Å². The molecule has 0 bridgehead atoms. The number of allylic oxidation sites excluding steroid dienone is 2. The van der Waals surface area contributed by atoms with Gasteiger partial charge < -0.3 is 4.42 Å². The maximum atomic E-state index is 12.6. The number of rotatable bonds is 2. The molecule has 0 saturated carbocycles. The molecule has 0 atom stereocenters. The maximum absolute atomic E-state index is 12.6. The second kappa shape index (κ2) is 8.42. The molecule has 0 radical (unpaired) electrons. The van der Waals surface area contributed by atoms with Crippen molar-refractivity contribution in [3.63, 3.8) is 0 Å². The van der Waals surface area contributed by atoms with Crippen LogP contribution in [0.15, 0.2) is 58.2 Å². The van der Waals surface area contributed by atoms with E-state index in [2.05, 4.69) is 15.0 Å². The van der Waals surface area contributed by atoms with Crippen LogP contribution >= 0.6 is 0 Å². The minimum atomic E-state index is -4.39. The van der Waals surface area contributed by atoms with Crippen molar-refractivity contribution < 1.29 is 17.6 Å². The summed E-state index contributed by atoms with van der Waals surface area (Å²) in [5.41, 5.74) is 1.33. The van der Waals surface area contributed by atoms with Crippen molar-refractivity contribution in [2.24, 2.45) is 4.99 Å². The molecule has 2 heterocycles. The second-order valence-corrected chi connectivity index (χ2v) is 5.32. The van der Waals surface area contributed by atoms with Crippen LogP contribution in [0, 0.1) is 6.92 Å². The number of nitrogens with zero attached hydrogens (tertiary/aromatic N) is 3. The zero-order valence-electron chi connectivity index (χ0n) is 14.6. The first-order valence-corrected chi connectivity index (χ1v) is 7.79. The Balaban J connectivity index is 0.000000352. The van der Waals surface area contributed by atoms with Crippen molar-refractivity contribution in [1.82, 2.24) is 9.97 Å². The van der Waals surface area contributed by atoms with Crippen molar-refractivity contribution in [2.75, 3.05) is 7.05 Å². The normalized spacial score (nSPS) is 11.9. The van der Waals surface area contributed by atoms with Gasteiger partial charge in [-0.1, -0.05) is 6.08 Å². The summed E-state index contributed by atoms with van der Waals surface area (Å²) >= 11 is 0. The van der Waals surface area contributed by atoms with Crippen LogP contribution < -0.4 is 0 Å². The lowest BCUT2D eigenvalue weighted by atomic mass is 10.1. The smallest absolute Gasteiger partial charge is 0.416 e. The van der Waals surface area contributed by atoms with Gasteiger partial charge in [0.1, 0.15) is 5.52 Å². The predicted molar refractivity (Wildman–Crippen MR) is 96.2 cm³/mol. The molecule has 0 amide bonds. The lowest BCUT2D eigenvalue weighted by molar-refractivity contribution is -0.137. The molecule has 0 aliphatic carbocycles. The number of aliphatic imine (C=N–C) groups is 1. The van der Waals surface area contributed by atoms with Crippen LogP contribution in [0.5, 0.6) is 0 Å². The van der Waals surface area contributed by atoms with E-state index in [1.807, 2.05) is 26.0 Å². The van der Waals surface area contributed by atoms with Crippen molar-refractivity contribution in [2.45, 2.75) is 20.0 Å². The number of benzene rings is 1. The monoisotopic (exact) mass is 361 g/mol. The highest BCUT2D eigenvalue weighted by atomic mass is 19.4. The molecule has 0 aliphatic rings. The molecule has 2 aromatic heterocycles. The largest absolute Gasteiger partial charge is 0.436 e. The van der Waals surface area contributed by atoms with Gasteiger partial charge >= 0.3 is 6.18 Å². The van der Waals surface area contributed by atoms with Crippen molar-refractivity contribution in [3.05, 3.63) is 59.9 Å². The van der Waals surface area contributed by atoms with Gasteiger partial charge in [0.2, 0.25) is 5.89 Å². The van der Waals surface area contributed by atoms with Crippen molar-refractivity contribution >= 4 is 17.3 Å². The Kier molecular flexibility index (Phi) is 6.27. The zero-order valence-corrected chi connectivity index (χ0v) is 14.6. The van der Waals surface area contributed by atoms with Crippen LogP contribution in [-0.2, 0) is 6.18 Å². The van der Waals surface area contributed by atoms with Crippen LogP contribution in [0.4, 0.5) is 13.2 Å². The average molecular weight is 361 g/mol. The van der Waals surface area contributed by atoms with E-state index in [4.69, 9.17) is 4.42 Å². The Morgan fingerprint density at radius 1 is 1.19 bits per heavy atom. The lowest BCUT2D eigenvalue weighted by Gasteiger charge is -2.04. The molecule has 0 N–H and O–H groups in total. The summed E-state index contributed by atoms with van der Waals surface area (Å²) in [4.78, 5) is 11.8. The third-order valence-electron chi connectivity index (χ3n) is 3.39. The fourth-order valence-electron chi connectivity index (χ4n) is 2.10. The van der Waals surface area contributed by atoms with Gasteiger partial charge in [0.05, 0.1) is 5.56 Å². The van der Waals surface area contributed by atoms with E-state index in [9.17, 15) is 13.2 Å². The average Bonchev–Trinajstić information content (AvgIpc) is 3.03. The van der Waals surface area contributed by atoms with E-state index in [1.54, 1.807) is 31.7 Å². The number of halogens is 3. The highest BCUT2D eigenvalue weighted by Crippen LogP contribution is 2.33. The van der Waals surface area contributed by atoms with Crippen LogP contribution in [0.1, 0.15) is 18.1 Å². The lowest BCUT2D eigenvalue weighted by Crippen LogP contribution is -2.03. The maximum Gasteiger partial charge on any atom is 0.416 e. The Morgan fingerprint density at radius 3 is 2.54 bits per heavy atom. The Morgan fingerprint density at radius 2 is 1.96 bits per heavy atom. The van der Waals surface area contributed by atoms with E-state index in [-0.39, 0.29) is 5.52 Å². The molecule has 0 unspecified atom stereocenters. The van der Waals surface area contributed by atoms with Gasteiger partial charge in [0.25, 0.3) is 0 Å². The van der Waals surface area contributed by atoms with Gasteiger partial charge in [0, 0.05) is 31.2 Å². The summed E-state index contributed by atoms with van der Waals surface area (Å²) in [5, 5.41) is 0. The highest BCUT2D eigenvalue weighted by Gasteiger charge is 2.31. The van der Waals surface area contributed by atoms with Gasteiger partial charge in [0.15, 0.2) is 5.58 Å². The predicted octanol–water partition coefficient (Wildman–Crippen LogP) is 5.48. The van der Waals surface area contributed by atoms with Crippen LogP contribution in [0.2, 0.25) is 0 Å². The van der Waals surface area contributed by atoms with E-state index in [1.165, 1.54) is 6.07 Å². The summed E-state index contributed by atoms with van der Waals surface area (Å²) < 4.78 is 43.4. The number of hydrogen-bond donors (Lipinski definition) is 0. The van der Waals surface area contributed by atoms with Crippen LogP contribution in [0.25, 0.3) is 22.6 Å². The summed E-state index contributed by atoms with van der Waals surface area (Å²) in [6, 6.07) is 4.96. The first kappa shape index (κ1) is 19.4. The van der Waals surface area contributed by atoms with Gasteiger partial charge in [-0.3, -0.25) is 9.98 Å². The molecule has 136 valence electrons. The molecule has 1 aromatic carbocycles. The number of alkyl halides is 3. The van der Waals surface area contributed by atoms with E-state index in [0.717, 1.165) is 17.7 Å². The zero-order chi connectivity index (χ0) is 19.2. The number of fused-ring (bicyclic) bond motifs is 1. The molecule has 0 saturated heterocycles. The molecule has 7 heteroatoms. The molecule has 26 heavy (non-hydrogen) atoms. The quantitative estimate of drug-likeness (QED) is 0.568. The van der Waals surface area contributed by atoms with Gasteiger partial charge in [-0.2, -0.15) is 13.2 Å². The third kappa shape index (κ3) is 4.78. The number of aryl methyl sites for hydroxylation is 1. The number of pyridine rings is 1. The molecule has 0 fully saturated rings. The first-order valence-electron chi connectivity index (χ1n) is 7.79. The van der Waals surface area contributed by atoms with Gasteiger partial charge in [-0.15, -0.1) is 0 Å². The molecule has 0 aliphatic heterocycles. The fourth-order valence-corrected chi connectivity index (χ4v) is 2.10. The van der Waals surface area contributed by atoms with Gasteiger partial charge in [-0.25, -0.2) is 4.98 Å². The van der Waals surface area contributed by atoms with Crippen molar-refractivity contribution in [3.8, 4) is 11.5 Å². The van der Waals surface area contributed by atoms with E-state index in [0.29, 0.717) is 17.0 Å². The molecule has 3 aromatic rings. The standard InChI is InChI=1S/C14H9F3N2O.C5H9N/c1-8-7-18-5-4-10(8)13-19-11-6-9(14(15,16)17)2-3-12(11)20-13;1-3-4-5-6-2/h2-7H,1H3;3-5H,1-2H3/b;4-3-,6-5?. The van der Waals surface area contributed by atoms with Gasteiger partial charge in [-0.05, 0) is 49.8 Å². The number of aromatic nitrogens is 2.